The zero-order valence-electron chi connectivity index (χ0n) is 8.90. The first kappa shape index (κ1) is 9.72. The summed E-state index contributed by atoms with van der Waals surface area (Å²) < 4.78 is 0. The average molecular weight is 190 g/mol. The molecule has 0 unspecified atom stereocenters. The number of hydrogen-bond donors (Lipinski definition) is 1. The number of aliphatic hydroxyl groups is 1. The Morgan fingerprint density at radius 1 is 1.36 bits per heavy atom. The number of rotatable bonds is 2. The summed E-state index contributed by atoms with van der Waals surface area (Å²) in [4.78, 5) is 0. The molecule has 1 N–H and O–H groups in total. The van der Waals surface area contributed by atoms with E-state index in [9.17, 15) is 5.11 Å². The van der Waals surface area contributed by atoms with Gasteiger partial charge in [-0.05, 0) is 29.4 Å². The van der Waals surface area contributed by atoms with Crippen LogP contribution in [0.4, 0.5) is 0 Å². The standard InChI is InChI=1S/C13H18O/c1-9(2)12-7-10-5-3-4-6-11(10)13(12)8-14/h3-6,9,12-14H,7-8H2,1-2H3/t12-,13-/m1/s1. The Bertz CT molecular complexity index is 317. The Morgan fingerprint density at radius 3 is 2.71 bits per heavy atom. The summed E-state index contributed by atoms with van der Waals surface area (Å²) in [7, 11) is 0. The maximum absolute atomic E-state index is 9.43. The van der Waals surface area contributed by atoms with Gasteiger partial charge in [0.2, 0.25) is 0 Å². The van der Waals surface area contributed by atoms with Crippen LogP contribution in [0.2, 0.25) is 0 Å². The number of fused-ring (bicyclic) bond motifs is 1. The third-order valence-corrected chi connectivity index (χ3v) is 3.48. The molecule has 0 saturated carbocycles. The molecule has 0 fully saturated rings. The summed E-state index contributed by atoms with van der Waals surface area (Å²) in [5.41, 5.74) is 2.80. The van der Waals surface area contributed by atoms with Crippen molar-refractivity contribution in [2.24, 2.45) is 11.8 Å². The Kier molecular flexibility index (Phi) is 2.60. The molecule has 2 atom stereocenters. The van der Waals surface area contributed by atoms with Crippen LogP contribution in [-0.2, 0) is 6.42 Å². The van der Waals surface area contributed by atoms with Gasteiger partial charge in [-0.3, -0.25) is 0 Å². The molecule has 1 nitrogen and oxygen atoms in total. The summed E-state index contributed by atoms with van der Waals surface area (Å²) in [6.07, 6.45) is 1.14. The van der Waals surface area contributed by atoms with E-state index in [-0.39, 0.29) is 0 Å². The van der Waals surface area contributed by atoms with Crippen LogP contribution in [0.25, 0.3) is 0 Å². The molecule has 76 valence electrons. The molecule has 0 saturated heterocycles. The van der Waals surface area contributed by atoms with Crippen molar-refractivity contribution in [2.75, 3.05) is 6.61 Å². The lowest BCUT2D eigenvalue weighted by Gasteiger charge is -2.21. The molecule has 0 amide bonds. The van der Waals surface area contributed by atoms with Gasteiger partial charge in [-0.15, -0.1) is 0 Å². The van der Waals surface area contributed by atoms with E-state index in [0.717, 1.165) is 6.42 Å². The second kappa shape index (κ2) is 3.74. The van der Waals surface area contributed by atoms with Crippen molar-refractivity contribution in [1.82, 2.24) is 0 Å². The number of benzene rings is 1. The van der Waals surface area contributed by atoms with E-state index in [1.54, 1.807) is 0 Å². The van der Waals surface area contributed by atoms with Gasteiger partial charge < -0.3 is 5.11 Å². The minimum absolute atomic E-state index is 0.292. The van der Waals surface area contributed by atoms with Gasteiger partial charge in [0.05, 0.1) is 6.61 Å². The lowest BCUT2D eigenvalue weighted by molar-refractivity contribution is 0.208. The van der Waals surface area contributed by atoms with Crippen LogP contribution in [0.15, 0.2) is 24.3 Å². The third kappa shape index (κ3) is 1.46. The van der Waals surface area contributed by atoms with Crippen LogP contribution in [0.3, 0.4) is 0 Å². The number of hydrogen-bond acceptors (Lipinski definition) is 1. The van der Waals surface area contributed by atoms with E-state index < -0.39 is 0 Å². The minimum atomic E-state index is 0.292. The quantitative estimate of drug-likeness (QED) is 0.760. The molecule has 0 heterocycles. The molecule has 1 aromatic carbocycles. The zero-order valence-corrected chi connectivity index (χ0v) is 8.90. The summed E-state index contributed by atoms with van der Waals surface area (Å²) in [5, 5.41) is 9.43. The third-order valence-electron chi connectivity index (χ3n) is 3.48. The van der Waals surface area contributed by atoms with E-state index in [2.05, 4.69) is 38.1 Å². The smallest absolute Gasteiger partial charge is 0.0502 e. The second-order valence-corrected chi connectivity index (χ2v) is 4.60. The summed E-state index contributed by atoms with van der Waals surface area (Å²) in [6, 6.07) is 8.53. The van der Waals surface area contributed by atoms with Crippen molar-refractivity contribution in [3.8, 4) is 0 Å². The van der Waals surface area contributed by atoms with E-state index in [1.165, 1.54) is 11.1 Å². The van der Waals surface area contributed by atoms with Gasteiger partial charge in [0.1, 0.15) is 0 Å². The van der Waals surface area contributed by atoms with Crippen LogP contribution < -0.4 is 0 Å². The molecule has 1 heteroatoms. The van der Waals surface area contributed by atoms with Gasteiger partial charge in [-0.25, -0.2) is 0 Å². The predicted octanol–water partition coefficient (Wildman–Crippen LogP) is 2.59. The highest BCUT2D eigenvalue weighted by atomic mass is 16.3. The van der Waals surface area contributed by atoms with Crippen LogP contribution >= 0.6 is 0 Å². The van der Waals surface area contributed by atoms with Crippen molar-refractivity contribution in [1.29, 1.82) is 0 Å². The predicted molar refractivity (Wildman–Crippen MR) is 58.3 cm³/mol. The van der Waals surface area contributed by atoms with Crippen LogP contribution in [0.1, 0.15) is 30.9 Å². The normalized spacial score (nSPS) is 25.4. The first-order valence-electron chi connectivity index (χ1n) is 5.42. The maximum atomic E-state index is 9.43. The van der Waals surface area contributed by atoms with Gasteiger partial charge in [0, 0.05) is 5.92 Å². The molecule has 1 aliphatic carbocycles. The summed E-state index contributed by atoms with van der Waals surface area (Å²) in [5.74, 6) is 1.64. The van der Waals surface area contributed by atoms with Crippen molar-refractivity contribution in [3.63, 3.8) is 0 Å². The summed E-state index contributed by atoms with van der Waals surface area (Å²) in [6.45, 7) is 4.79. The van der Waals surface area contributed by atoms with Crippen LogP contribution in [0.5, 0.6) is 0 Å². The van der Waals surface area contributed by atoms with Gasteiger partial charge in [0.15, 0.2) is 0 Å². The second-order valence-electron chi connectivity index (χ2n) is 4.60. The van der Waals surface area contributed by atoms with E-state index >= 15 is 0 Å². The molecule has 14 heavy (non-hydrogen) atoms. The topological polar surface area (TPSA) is 20.2 Å². The highest BCUT2D eigenvalue weighted by molar-refractivity contribution is 5.36. The Balaban J connectivity index is 2.34. The van der Waals surface area contributed by atoms with Crippen molar-refractivity contribution >= 4 is 0 Å². The first-order valence-corrected chi connectivity index (χ1v) is 5.42. The van der Waals surface area contributed by atoms with E-state index in [1.807, 2.05) is 0 Å². The molecule has 1 aromatic rings. The van der Waals surface area contributed by atoms with Crippen molar-refractivity contribution < 1.29 is 5.11 Å². The Labute approximate surface area is 85.8 Å². The fourth-order valence-electron chi connectivity index (χ4n) is 2.64. The summed E-state index contributed by atoms with van der Waals surface area (Å²) >= 11 is 0. The Morgan fingerprint density at radius 2 is 2.07 bits per heavy atom. The van der Waals surface area contributed by atoms with Crippen molar-refractivity contribution in [3.05, 3.63) is 35.4 Å². The molecule has 1 aliphatic rings. The van der Waals surface area contributed by atoms with Crippen LogP contribution in [0, 0.1) is 11.8 Å². The van der Waals surface area contributed by atoms with Gasteiger partial charge in [-0.2, -0.15) is 0 Å². The fraction of sp³-hybridized carbons (Fsp3) is 0.538. The first-order chi connectivity index (χ1) is 6.74. The molecule has 2 rings (SSSR count). The minimum Gasteiger partial charge on any atom is -0.396 e. The molecular formula is C13H18O. The van der Waals surface area contributed by atoms with E-state index in [4.69, 9.17) is 0 Å². The molecular weight excluding hydrogens is 172 g/mol. The highest BCUT2D eigenvalue weighted by Gasteiger charge is 2.33. The fourth-order valence-corrected chi connectivity index (χ4v) is 2.64. The van der Waals surface area contributed by atoms with Crippen LogP contribution in [-0.4, -0.2) is 11.7 Å². The molecule has 0 aliphatic heterocycles. The number of aliphatic hydroxyl groups excluding tert-OH is 1. The van der Waals surface area contributed by atoms with E-state index in [0.29, 0.717) is 24.4 Å². The van der Waals surface area contributed by atoms with Crippen molar-refractivity contribution in [2.45, 2.75) is 26.2 Å². The molecule has 0 spiro atoms. The van der Waals surface area contributed by atoms with Gasteiger partial charge in [0.25, 0.3) is 0 Å². The monoisotopic (exact) mass is 190 g/mol. The lowest BCUT2D eigenvalue weighted by atomic mass is 9.85. The van der Waals surface area contributed by atoms with Gasteiger partial charge in [-0.1, -0.05) is 38.1 Å². The highest BCUT2D eigenvalue weighted by Crippen LogP contribution is 2.41. The molecule has 0 bridgehead atoms. The molecule has 0 aromatic heterocycles. The SMILES string of the molecule is CC(C)[C@H]1Cc2ccccc2[C@H]1CO. The molecule has 0 radical (unpaired) electrons. The Hall–Kier alpha value is -0.820. The maximum Gasteiger partial charge on any atom is 0.0502 e. The van der Waals surface area contributed by atoms with Gasteiger partial charge >= 0.3 is 0 Å². The average Bonchev–Trinajstić information content (AvgIpc) is 2.56. The zero-order chi connectivity index (χ0) is 10.1. The largest absolute Gasteiger partial charge is 0.396 e. The lowest BCUT2D eigenvalue weighted by Crippen LogP contribution is -2.17.